The highest BCUT2D eigenvalue weighted by Gasteiger charge is 2.23. The van der Waals surface area contributed by atoms with Gasteiger partial charge in [0.05, 0.1) is 17.1 Å². The highest BCUT2D eigenvalue weighted by Crippen LogP contribution is 2.23. The molecule has 0 atom stereocenters. The number of hydrogen-bond acceptors (Lipinski definition) is 7. The van der Waals surface area contributed by atoms with E-state index in [0.717, 1.165) is 13.1 Å². The van der Waals surface area contributed by atoms with Gasteiger partial charge in [-0.1, -0.05) is 24.3 Å². The third-order valence-electron chi connectivity index (χ3n) is 5.47. The van der Waals surface area contributed by atoms with E-state index in [0.29, 0.717) is 30.4 Å². The van der Waals surface area contributed by atoms with E-state index in [1.807, 2.05) is 6.07 Å². The fraction of sp³-hybridized carbons (Fsp3) is 0.261. The number of benzene rings is 2. The van der Waals surface area contributed by atoms with Crippen molar-refractivity contribution in [2.45, 2.75) is 4.90 Å². The highest BCUT2D eigenvalue weighted by atomic mass is 32.2. The molecule has 1 amide bonds. The number of para-hydroxylation sites is 1. The minimum absolute atomic E-state index is 0.114. The lowest BCUT2D eigenvalue weighted by atomic mass is 10.3. The number of hydrogen-bond donors (Lipinski definition) is 1. The normalized spacial score (nSPS) is 14.6. The lowest BCUT2D eigenvalue weighted by Gasteiger charge is -2.34. The van der Waals surface area contributed by atoms with Crippen LogP contribution in [0, 0.1) is 0 Å². The largest absolute Gasteiger partial charge is 0.338 e. The molecule has 0 bridgehead atoms. The quantitative estimate of drug-likeness (QED) is 0.569. The van der Waals surface area contributed by atoms with Gasteiger partial charge >= 0.3 is 0 Å². The van der Waals surface area contributed by atoms with Gasteiger partial charge in [0.1, 0.15) is 0 Å². The molecule has 0 spiro atoms. The molecular formula is C23H26N6O3S. The molecule has 1 N–H and O–H groups in total. The first-order valence-electron chi connectivity index (χ1n) is 10.6. The van der Waals surface area contributed by atoms with Gasteiger partial charge in [-0.05, 0) is 36.4 Å². The van der Waals surface area contributed by atoms with E-state index >= 15 is 0 Å². The molecule has 2 aromatic carbocycles. The predicted molar refractivity (Wildman–Crippen MR) is 128 cm³/mol. The summed E-state index contributed by atoms with van der Waals surface area (Å²) in [5.41, 5.74) is 1.01. The van der Waals surface area contributed by atoms with Crippen molar-refractivity contribution in [1.29, 1.82) is 0 Å². The number of carbonyl (C=O) groups is 1. The van der Waals surface area contributed by atoms with Crippen molar-refractivity contribution >= 4 is 33.3 Å². The van der Waals surface area contributed by atoms with E-state index in [4.69, 9.17) is 0 Å². The Morgan fingerprint density at radius 2 is 1.67 bits per heavy atom. The Hall–Kier alpha value is -3.50. The first kappa shape index (κ1) is 22.7. The van der Waals surface area contributed by atoms with Gasteiger partial charge in [0.15, 0.2) is 0 Å². The number of aromatic nitrogens is 2. The molecule has 3 aromatic rings. The molecule has 1 aliphatic heterocycles. The maximum atomic E-state index is 13.0. The SMILES string of the molecule is CN(c1ccccc1)S(=O)(=O)c1cccc(NC(=O)CN2CCN(c3ncccn3)CC2)c1. The molecule has 1 saturated heterocycles. The fourth-order valence-electron chi connectivity index (χ4n) is 3.63. The average Bonchev–Trinajstić information content (AvgIpc) is 2.85. The zero-order valence-corrected chi connectivity index (χ0v) is 19.1. The smallest absolute Gasteiger partial charge is 0.264 e. The molecular weight excluding hydrogens is 440 g/mol. The summed E-state index contributed by atoms with van der Waals surface area (Å²) < 4.78 is 27.3. The van der Waals surface area contributed by atoms with Gasteiger partial charge in [0.25, 0.3) is 10.0 Å². The number of amides is 1. The first-order valence-corrected chi connectivity index (χ1v) is 12.1. The van der Waals surface area contributed by atoms with Crippen molar-refractivity contribution in [2.75, 3.05) is 54.3 Å². The van der Waals surface area contributed by atoms with Gasteiger partial charge in [-0.3, -0.25) is 14.0 Å². The molecule has 0 saturated carbocycles. The first-order chi connectivity index (χ1) is 15.9. The van der Waals surface area contributed by atoms with Crippen LogP contribution in [-0.4, -0.2) is 69.0 Å². The Balaban J connectivity index is 1.35. The Kier molecular flexibility index (Phi) is 6.85. The molecule has 1 fully saturated rings. The summed E-state index contributed by atoms with van der Waals surface area (Å²) in [6.45, 7) is 3.11. The van der Waals surface area contributed by atoms with Gasteiger partial charge in [-0.25, -0.2) is 18.4 Å². The number of anilines is 3. The van der Waals surface area contributed by atoms with E-state index in [1.54, 1.807) is 54.9 Å². The van der Waals surface area contributed by atoms with Crippen molar-refractivity contribution in [1.82, 2.24) is 14.9 Å². The minimum Gasteiger partial charge on any atom is -0.338 e. The second-order valence-corrected chi connectivity index (χ2v) is 9.67. The second-order valence-electron chi connectivity index (χ2n) is 7.70. The van der Waals surface area contributed by atoms with Gasteiger partial charge in [-0.15, -0.1) is 0 Å². The lowest BCUT2D eigenvalue weighted by molar-refractivity contribution is -0.117. The maximum absolute atomic E-state index is 13.0. The standard InChI is InChI=1S/C23H26N6O3S/c1-27(20-8-3-2-4-9-20)33(31,32)21-10-5-7-19(17-21)26-22(30)18-28-13-15-29(16-14-28)23-24-11-6-12-25-23/h2-12,17H,13-16,18H2,1H3,(H,26,30). The molecule has 9 nitrogen and oxygen atoms in total. The number of nitrogens with zero attached hydrogens (tertiary/aromatic N) is 5. The number of nitrogens with one attached hydrogen (secondary N) is 1. The Morgan fingerprint density at radius 1 is 0.970 bits per heavy atom. The summed E-state index contributed by atoms with van der Waals surface area (Å²) in [7, 11) is -2.25. The van der Waals surface area contributed by atoms with Gasteiger partial charge in [0.2, 0.25) is 11.9 Å². The van der Waals surface area contributed by atoms with Crippen LogP contribution in [-0.2, 0) is 14.8 Å². The molecule has 2 heterocycles. The van der Waals surface area contributed by atoms with Crippen molar-refractivity contribution in [3.05, 3.63) is 73.1 Å². The summed E-state index contributed by atoms with van der Waals surface area (Å²) in [6, 6.07) is 16.9. The predicted octanol–water partition coefficient (Wildman–Crippen LogP) is 2.06. The Labute approximate surface area is 193 Å². The number of rotatable bonds is 7. The summed E-state index contributed by atoms with van der Waals surface area (Å²) in [5.74, 6) is 0.505. The molecule has 0 radical (unpaired) electrons. The molecule has 1 aliphatic rings. The summed E-state index contributed by atoms with van der Waals surface area (Å²) in [4.78, 5) is 25.4. The topological polar surface area (TPSA) is 98.7 Å². The van der Waals surface area contributed by atoms with Crippen molar-refractivity contribution in [3.8, 4) is 0 Å². The zero-order valence-electron chi connectivity index (χ0n) is 18.3. The van der Waals surface area contributed by atoms with Crippen LogP contribution >= 0.6 is 0 Å². The number of carbonyl (C=O) groups excluding carboxylic acids is 1. The Morgan fingerprint density at radius 3 is 2.36 bits per heavy atom. The zero-order chi connectivity index (χ0) is 23.3. The van der Waals surface area contributed by atoms with Crippen LogP contribution in [0.5, 0.6) is 0 Å². The monoisotopic (exact) mass is 466 g/mol. The van der Waals surface area contributed by atoms with E-state index in [-0.39, 0.29) is 17.3 Å². The van der Waals surface area contributed by atoms with Crippen LogP contribution in [0.1, 0.15) is 0 Å². The second kappa shape index (κ2) is 9.97. The van der Waals surface area contributed by atoms with Gasteiger partial charge < -0.3 is 10.2 Å². The fourth-order valence-corrected chi connectivity index (χ4v) is 4.88. The molecule has 33 heavy (non-hydrogen) atoms. The molecule has 10 heteroatoms. The molecule has 1 aromatic heterocycles. The van der Waals surface area contributed by atoms with Crippen molar-refractivity contribution in [2.24, 2.45) is 0 Å². The van der Waals surface area contributed by atoms with Crippen LogP contribution < -0.4 is 14.5 Å². The summed E-state index contributed by atoms with van der Waals surface area (Å²) in [6.07, 6.45) is 3.43. The van der Waals surface area contributed by atoms with Crippen molar-refractivity contribution < 1.29 is 13.2 Å². The third-order valence-corrected chi connectivity index (χ3v) is 7.25. The number of sulfonamides is 1. The van der Waals surface area contributed by atoms with E-state index in [9.17, 15) is 13.2 Å². The summed E-state index contributed by atoms with van der Waals surface area (Å²) in [5, 5.41) is 2.82. The third kappa shape index (κ3) is 5.47. The van der Waals surface area contributed by atoms with E-state index in [1.165, 1.54) is 23.5 Å². The molecule has 0 unspecified atom stereocenters. The van der Waals surface area contributed by atoms with Gasteiger partial charge in [0, 0.05) is 51.3 Å². The molecule has 172 valence electrons. The lowest BCUT2D eigenvalue weighted by Crippen LogP contribution is -2.49. The van der Waals surface area contributed by atoms with Crippen LogP contribution in [0.25, 0.3) is 0 Å². The number of piperazine rings is 1. The minimum atomic E-state index is -3.76. The summed E-state index contributed by atoms with van der Waals surface area (Å²) >= 11 is 0. The molecule has 4 rings (SSSR count). The van der Waals surface area contributed by atoms with E-state index in [2.05, 4.69) is 25.1 Å². The average molecular weight is 467 g/mol. The van der Waals surface area contributed by atoms with Crippen LogP contribution in [0.4, 0.5) is 17.3 Å². The van der Waals surface area contributed by atoms with Crippen molar-refractivity contribution in [3.63, 3.8) is 0 Å². The van der Waals surface area contributed by atoms with Crippen LogP contribution in [0.2, 0.25) is 0 Å². The highest BCUT2D eigenvalue weighted by molar-refractivity contribution is 7.92. The Bertz CT molecular complexity index is 1180. The van der Waals surface area contributed by atoms with Crippen LogP contribution in [0.3, 0.4) is 0 Å². The van der Waals surface area contributed by atoms with Gasteiger partial charge in [-0.2, -0.15) is 0 Å². The maximum Gasteiger partial charge on any atom is 0.264 e. The van der Waals surface area contributed by atoms with E-state index < -0.39 is 10.0 Å². The molecule has 0 aliphatic carbocycles. The van der Waals surface area contributed by atoms with Crippen LogP contribution in [0.15, 0.2) is 78.0 Å².